The van der Waals surface area contributed by atoms with E-state index in [0.717, 1.165) is 11.1 Å². The van der Waals surface area contributed by atoms with Gasteiger partial charge in [-0.3, -0.25) is 14.4 Å². The first-order valence-electron chi connectivity index (χ1n) is 14.0. The molecule has 0 fully saturated rings. The summed E-state index contributed by atoms with van der Waals surface area (Å²) in [4.78, 5) is 41.6. The van der Waals surface area contributed by atoms with E-state index in [1.807, 2.05) is 30.3 Å². The maximum Gasteiger partial charge on any atom is 0.264 e. The number of benzene rings is 3. The Labute approximate surface area is 245 Å². The summed E-state index contributed by atoms with van der Waals surface area (Å²) in [6.45, 7) is 3.76. The second-order valence-corrected chi connectivity index (χ2v) is 10.5. The van der Waals surface area contributed by atoms with E-state index in [-0.39, 0.29) is 32.0 Å². The minimum atomic E-state index is -1.82. The van der Waals surface area contributed by atoms with E-state index >= 15 is 0 Å². The van der Waals surface area contributed by atoms with Gasteiger partial charge in [-0.25, -0.2) is 0 Å². The Balaban J connectivity index is 1.46. The summed E-state index contributed by atoms with van der Waals surface area (Å²) in [5, 5.41) is 33.3. The Morgan fingerprint density at radius 3 is 2.31 bits per heavy atom. The second-order valence-electron chi connectivity index (χ2n) is 10.5. The van der Waals surface area contributed by atoms with Crippen molar-refractivity contribution in [2.75, 3.05) is 23.4 Å². The summed E-state index contributed by atoms with van der Waals surface area (Å²) < 4.78 is 0. The average Bonchev–Trinajstić information content (AvgIpc) is 3.21. The molecule has 0 radical (unpaired) electrons. The van der Waals surface area contributed by atoms with Crippen molar-refractivity contribution >= 4 is 29.1 Å². The smallest absolute Gasteiger partial charge is 0.264 e. The Morgan fingerprint density at radius 2 is 1.64 bits per heavy atom. The van der Waals surface area contributed by atoms with Gasteiger partial charge in [-0.2, -0.15) is 0 Å². The monoisotopic (exact) mass is 571 g/mol. The third-order valence-electron chi connectivity index (χ3n) is 7.43. The van der Waals surface area contributed by atoms with Gasteiger partial charge in [-0.05, 0) is 36.2 Å². The molecule has 1 heterocycles. The fourth-order valence-corrected chi connectivity index (χ4v) is 5.04. The van der Waals surface area contributed by atoms with E-state index in [2.05, 4.69) is 5.32 Å². The van der Waals surface area contributed by atoms with Crippen LogP contribution in [0.5, 0.6) is 0 Å². The lowest BCUT2D eigenvalue weighted by Crippen LogP contribution is -2.44. The number of rotatable bonds is 12. The molecule has 0 saturated carbocycles. The van der Waals surface area contributed by atoms with Crippen molar-refractivity contribution in [1.29, 1.82) is 0 Å². The van der Waals surface area contributed by atoms with E-state index in [9.17, 15) is 29.7 Å². The van der Waals surface area contributed by atoms with Crippen molar-refractivity contribution < 1.29 is 29.7 Å². The van der Waals surface area contributed by atoms with Crippen LogP contribution in [0.1, 0.15) is 37.0 Å². The Kier molecular flexibility index (Phi) is 9.90. The van der Waals surface area contributed by atoms with Gasteiger partial charge in [-0.1, -0.05) is 79.7 Å². The van der Waals surface area contributed by atoms with Crippen LogP contribution in [0.15, 0.2) is 91.0 Å². The lowest BCUT2D eigenvalue weighted by molar-refractivity contribution is -0.139. The van der Waals surface area contributed by atoms with E-state index in [4.69, 9.17) is 0 Å². The summed E-state index contributed by atoms with van der Waals surface area (Å²) in [6, 6.07) is 23.6. The number of nitrogens with one attached hydrogen (secondary N) is 1. The van der Waals surface area contributed by atoms with Gasteiger partial charge in [0.15, 0.2) is 5.60 Å². The highest BCUT2D eigenvalue weighted by molar-refractivity contribution is 6.07. The van der Waals surface area contributed by atoms with Crippen LogP contribution in [0, 0.1) is 5.92 Å². The van der Waals surface area contributed by atoms with Crippen LogP contribution < -0.4 is 10.2 Å². The summed E-state index contributed by atoms with van der Waals surface area (Å²) in [5.41, 5.74) is 1.53. The summed E-state index contributed by atoms with van der Waals surface area (Å²) in [5.74, 6) is -1.79. The molecule has 3 aromatic carbocycles. The maximum absolute atomic E-state index is 13.8. The topological polar surface area (TPSA) is 130 Å². The van der Waals surface area contributed by atoms with Crippen LogP contribution in [0.2, 0.25) is 0 Å². The lowest BCUT2D eigenvalue weighted by Gasteiger charge is -2.28. The molecular formula is C33H37N3O6. The largest absolute Gasteiger partial charge is 0.395 e. The van der Waals surface area contributed by atoms with Gasteiger partial charge in [-0.15, -0.1) is 0 Å². The molecule has 3 amide bonds. The number of anilines is 2. The van der Waals surface area contributed by atoms with Crippen molar-refractivity contribution in [2.45, 2.75) is 45.1 Å². The first-order chi connectivity index (χ1) is 20.1. The summed E-state index contributed by atoms with van der Waals surface area (Å²) in [7, 11) is 0. The normalized spacial score (nSPS) is 17.6. The highest BCUT2D eigenvalue weighted by Gasteiger charge is 2.52. The van der Waals surface area contributed by atoms with Gasteiger partial charge >= 0.3 is 0 Å². The molecule has 4 N–H and O–H groups in total. The second kappa shape index (κ2) is 13.6. The quantitative estimate of drug-likeness (QED) is 0.247. The molecule has 4 rings (SSSR count). The van der Waals surface area contributed by atoms with Crippen LogP contribution in [0.4, 0.5) is 11.4 Å². The van der Waals surface area contributed by atoms with Crippen LogP contribution in [-0.2, 0) is 33.1 Å². The third kappa shape index (κ3) is 6.76. The standard InChI is InChI=1S/C33H37N3O6/c1-23(9-8-14-30(39)35(19-20-37)21-25-10-4-3-5-11-25)33(42)28-12-6-7-13-29(28)36(32(33)41)22-26-15-17-27(18-16-26)34-31(40)24(2)38/h3-13,15-18,23-24,37-38,42H,14,19-22H2,1-2H3,(H,34,40)/b9-8+/t23-,24+,33+/m1/s1. The molecule has 9 heteroatoms. The molecule has 42 heavy (non-hydrogen) atoms. The van der Waals surface area contributed by atoms with Crippen LogP contribution >= 0.6 is 0 Å². The number of carbonyl (C=O) groups excluding carboxylic acids is 3. The molecule has 0 aromatic heterocycles. The molecule has 9 nitrogen and oxygen atoms in total. The van der Waals surface area contributed by atoms with Crippen molar-refractivity contribution in [2.24, 2.45) is 5.92 Å². The zero-order valence-electron chi connectivity index (χ0n) is 23.8. The zero-order valence-corrected chi connectivity index (χ0v) is 23.8. The fourth-order valence-electron chi connectivity index (χ4n) is 5.04. The molecular weight excluding hydrogens is 534 g/mol. The van der Waals surface area contributed by atoms with E-state index in [1.165, 1.54) is 11.8 Å². The summed E-state index contributed by atoms with van der Waals surface area (Å²) >= 11 is 0. The van der Waals surface area contributed by atoms with Crippen LogP contribution in [0.25, 0.3) is 0 Å². The number of fused-ring (bicyclic) bond motifs is 1. The Morgan fingerprint density at radius 1 is 0.976 bits per heavy atom. The highest BCUT2D eigenvalue weighted by atomic mass is 16.3. The lowest BCUT2D eigenvalue weighted by atomic mass is 9.83. The van der Waals surface area contributed by atoms with E-state index in [1.54, 1.807) is 72.5 Å². The predicted octanol–water partition coefficient (Wildman–Crippen LogP) is 3.34. The number of aliphatic hydroxyl groups is 3. The van der Waals surface area contributed by atoms with Crippen LogP contribution in [0.3, 0.4) is 0 Å². The van der Waals surface area contributed by atoms with Crippen molar-refractivity contribution in [1.82, 2.24) is 4.90 Å². The molecule has 0 unspecified atom stereocenters. The third-order valence-corrected chi connectivity index (χ3v) is 7.43. The molecule has 0 bridgehead atoms. The minimum absolute atomic E-state index is 0.0603. The Bertz CT molecular complexity index is 1420. The number of amides is 3. The van der Waals surface area contributed by atoms with Gasteiger partial charge in [0, 0.05) is 36.7 Å². The average molecular weight is 572 g/mol. The van der Waals surface area contributed by atoms with Crippen LogP contribution in [-0.4, -0.2) is 57.2 Å². The van der Waals surface area contributed by atoms with Crippen molar-refractivity contribution in [3.05, 3.63) is 108 Å². The van der Waals surface area contributed by atoms with Gasteiger partial charge in [0.05, 0.1) is 18.8 Å². The molecule has 220 valence electrons. The number of aliphatic hydroxyl groups excluding tert-OH is 2. The number of hydrogen-bond donors (Lipinski definition) is 4. The van der Waals surface area contributed by atoms with Gasteiger partial charge in [0.1, 0.15) is 6.10 Å². The minimum Gasteiger partial charge on any atom is -0.395 e. The van der Waals surface area contributed by atoms with Gasteiger partial charge in [0.25, 0.3) is 11.8 Å². The number of nitrogens with zero attached hydrogens (tertiary/aromatic N) is 2. The molecule has 3 aromatic rings. The number of para-hydroxylation sites is 1. The molecule has 3 atom stereocenters. The first kappa shape index (κ1) is 30.6. The Hall–Kier alpha value is -4.31. The molecule has 1 aliphatic heterocycles. The van der Waals surface area contributed by atoms with E-state index in [0.29, 0.717) is 23.5 Å². The van der Waals surface area contributed by atoms with Gasteiger partial charge in [0.2, 0.25) is 5.91 Å². The number of carbonyl (C=O) groups is 3. The van der Waals surface area contributed by atoms with Crippen molar-refractivity contribution in [3.63, 3.8) is 0 Å². The first-order valence-corrected chi connectivity index (χ1v) is 14.0. The maximum atomic E-state index is 13.8. The molecule has 0 aliphatic carbocycles. The molecule has 0 spiro atoms. The number of hydrogen-bond acceptors (Lipinski definition) is 6. The summed E-state index contributed by atoms with van der Waals surface area (Å²) in [6.07, 6.45) is 2.28. The molecule has 0 saturated heterocycles. The van der Waals surface area contributed by atoms with E-state index < -0.39 is 29.4 Å². The SMILES string of the molecule is C[C@H](O)C(=O)Nc1ccc(CN2C(=O)[C@](O)([C@H](C)/C=C/CC(=O)N(CCO)Cc3ccccc3)c3ccccc32)cc1. The fraction of sp³-hybridized carbons (Fsp3) is 0.303. The zero-order chi connectivity index (χ0) is 30.3. The predicted molar refractivity (Wildman–Crippen MR) is 160 cm³/mol. The highest BCUT2D eigenvalue weighted by Crippen LogP contribution is 2.45. The molecule has 1 aliphatic rings. The van der Waals surface area contributed by atoms with Gasteiger partial charge < -0.3 is 30.4 Å². The van der Waals surface area contributed by atoms with Crippen molar-refractivity contribution in [3.8, 4) is 0 Å².